The third kappa shape index (κ3) is 4.58. The number of carbonyl (C=O) groups excluding carboxylic acids is 1. The highest BCUT2D eigenvalue weighted by molar-refractivity contribution is 7.07. The van der Waals surface area contributed by atoms with Gasteiger partial charge >= 0.3 is 4.87 Å². The molecule has 0 aliphatic carbocycles. The van der Waals surface area contributed by atoms with Crippen LogP contribution in [0, 0.1) is 6.92 Å². The van der Waals surface area contributed by atoms with Crippen molar-refractivity contribution in [2.24, 2.45) is 0 Å². The lowest BCUT2D eigenvalue weighted by atomic mass is 10.3. The molecule has 0 fully saturated rings. The van der Waals surface area contributed by atoms with Crippen LogP contribution in [0.5, 0.6) is 11.5 Å². The second-order valence-corrected chi connectivity index (χ2v) is 6.35. The normalized spacial score (nSPS) is 10.4. The summed E-state index contributed by atoms with van der Waals surface area (Å²) in [5.41, 5.74) is 1.57. The van der Waals surface area contributed by atoms with E-state index in [4.69, 9.17) is 4.74 Å². The molecule has 6 heteroatoms. The van der Waals surface area contributed by atoms with Gasteiger partial charge in [0.2, 0.25) is 5.91 Å². The molecule has 0 unspecified atom stereocenters. The zero-order valence-electron chi connectivity index (χ0n) is 13.8. The number of nitrogens with one attached hydrogen (secondary N) is 1. The summed E-state index contributed by atoms with van der Waals surface area (Å²) in [7, 11) is 0. The van der Waals surface area contributed by atoms with Gasteiger partial charge in [-0.15, -0.1) is 0 Å². The molecule has 1 amide bonds. The fourth-order valence-electron chi connectivity index (χ4n) is 2.34. The van der Waals surface area contributed by atoms with E-state index in [9.17, 15) is 9.59 Å². The first-order valence-corrected chi connectivity index (χ1v) is 8.77. The number of aryl methyl sites for hydroxylation is 1. The van der Waals surface area contributed by atoms with E-state index >= 15 is 0 Å². The number of benzene rings is 2. The van der Waals surface area contributed by atoms with E-state index in [1.807, 2.05) is 37.3 Å². The minimum atomic E-state index is -0.130. The largest absolute Gasteiger partial charge is 0.457 e. The van der Waals surface area contributed by atoms with Gasteiger partial charge in [0, 0.05) is 29.7 Å². The van der Waals surface area contributed by atoms with Crippen LogP contribution in [0.15, 0.2) is 64.8 Å². The van der Waals surface area contributed by atoms with Gasteiger partial charge in [-0.2, -0.15) is 0 Å². The van der Waals surface area contributed by atoms with E-state index in [1.165, 1.54) is 0 Å². The molecule has 1 heterocycles. The standard InChI is InChI=1S/C19H18N2O3S/c1-14-13-25-19(23)21(14)12-11-18(22)20-15-7-9-17(10-8-15)24-16-5-3-2-4-6-16/h2-10,13H,11-12H2,1H3,(H,20,22). The van der Waals surface area contributed by atoms with Gasteiger partial charge in [-0.05, 0) is 43.3 Å². The Morgan fingerprint density at radius 3 is 2.40 bits per heavy atom. The molecule has 128 valence electrons. The minimum absolute atomic E-state index is 0.0345. The van der Waals surface area contributed by atoms with Crippen LogP contribution >= 0.6 is 11.3 Å². The van der Waals surface area contributed by atoms with Crippen LogP contribution in [0.4, 0.5) is 5.69 Å². The fourth-order valence-corrected chi connectivity index (χ4v) is 3.10. The number of para-hydroxylation sites is 1. The monoisotopic (exact) mass is 354 g/mol. The maximum Gasteiger partial charge on any atom is 0.307 e. The molecule has 1 aromatic heterocycles. The van der Waals surface area contributed by atoms with Crippen LogP contribution in [-0.4, -0.2) is 10.5 Å². The Balaban J connectivity index is 1.54. The van der Waals surface area contributed by atoms with E-state index in [2.05, 4.69) is 5.32 Å². The molecule has 1 N–H and O–H groups in total. The molecule has 0 bridgehead atoms. The van der Waals surface area contributed by atoms with Crippen molar-refractivity contribution in [2.45, 2.75) is 19.9 Å². The topological polar surface area (TPSA) is 60.3 Å². The molecule has 0 aliphatic heterocycles. The summed E-state index contributed by atoms with van der Waals surface area (Å²) < 4.78 is 7.32. The maximum atomic E-state index is 12.1. The molecule has 0 atom stereocenters. The number of hydrogen-bond donors (Lipinski definition) is 1. The van der Waals surface area contributed by atoms with Crippen molar-refractivity contribution < 1.29 is 9.53 Å². The minimum Gasteiger partial charge on any atom is -0.457 e. The van der Waals surface area contributed by atoms with E-state index in [0.717, 1.165) is 22.8 Å². The van der Waals surface area contributed by atoms with Crippen molar-refractivity contribution >= 4 is 22.9 Å². The van der Waals surface area contributed by atoms with E-state index in [-0.39, 0.29) is 17.2 Å². The van der Waals surface area contributed by atoms with E-state index in [1.54, 1.807) is 34.2 Å². The summed E-state index contributed by atoms with van der Waals surface area (Å²) in [6.45, 7) is 2.25. The van der Waals surface area contributed by atoms with Gasteiger partial charge in [-0.3, -0.25) is 9.59 Å². The first-order valence-electron chi connectivity index (χ1n) is 7.89. The second kappa shape index (κ2) is 7.81. The van der Waals surface area contributed by atoms with Crippen molar-refractivity contribution in [1.29, 1.82) is 0 Å². The van der Waals surface area contributed by atoms with Crippen LogP contribution in [0.2, 0.25) is 0 Å². The van der Waals surface area contributed by atoms with Crippen LogP contribution in [-0.2, 0) is 11.3 Å². The second-order valence-electron chi connectivity index (χ2n) is 5.53. The molecule has 0 saturated heterocycles. The van der Waals surface area contributed by atoms with Gasteiger partial charge < -0.3 is 14.6 Å². The Hall–Kier alpha value is -2.86. The van der Waals surface area contributed by atoms with Crippen molar-refractivity contribution in [2.75, 3.05) is 5.32 Å². The highest BCUT2D eigenvalue weighted by Crippen LogP contribution is 2.22. The van der Waals surface area contributed by atoms with Crippen LogP contribution in [0.1, 0.15) is 12.1 Å². The van der Waals surface area contributed by atoms with E-state index in [0.29, 0.717) is 18.0 Å². The molecular formula is C19H18N2O3S. The zero-order chi connectivity index (χ0) is 17.6. The number of nitrogens with zero attached hydrogens (tertiary/aromatic N) is 1. The van der Waals surface area contributed by atoms with Gasteiger partial charge in [0.25, 0.3) is 0 Å². The summed E-state index contributed by atoms with van der Waals surface area (Å²) in [5.74, 6) is 1.33. The SMILES string of the molecule is Cc1csc(=O)n1CCC(=O)Nc1ccc(Oc2ccccc2)cc1. The number of hydrogen-bond acceptors (Lipinski definition) is 4. The lowest BCUT2D eigenvalue weighted by Gasteiger charge is -2.08. The highest BCUT2D eigenvalue weighted by Gasteiger charge is 2.07. The first-order chi connectivity index (χ1) is 12.1. The van der Waals surface area contributed by atoms with Crippen molar-refractivity contribution in [1.82, 2.24) is 4.57 Å². The van der Waals surface area contributed by atoms with Gasteiger partial charge in [0.15, 0.2) is 0 Å². The molecule has 2 aromatic carbocycles. The summed E-state index contributed by atoms with van der Waals surface area (Å²) in [4.78, 5) is 23.7. The lowest BCUT2D eigenvalue weighted by Crippen LogP contribution is -2.20. The van der Waals surface area contributed by atoms with Crippen LogP contribution in [0.25, 0.3) is 0 Å². The number of anilines is 1. The molecule has 0 aliphatic rings. The average Bonchev–Trinajstić information content (AvgIpc) is 2.94. The van der Waals surface area contributed by atoms with Gasteiger partial charge in [-0.1, -0.05) is 29.5 Å². The van der Waals surface area contributed by atoms with E-state index < -0.39 is 0 Å². The van der Waals surface area contributed by atoms with Gasteiger partial charge in [-0.25, -0.2) is 0 Å². The molecule has 0 saturated carbocycles. The summed E-state index contributed by atoms with van der Waals surface area (Å²) in [6.07, 6.45) is 0.250. The van der Waals surface area contributed by atoms with Crippen LogP contribution in [0.3, 0.4) is 0 Å². The molecule has 0 spiro atoms. The van der Waals surface area contributed by atoms with Gasteiger partial charge in [0.1, 0.15) is 11.5 Å². The van der Waals surface area contributed by atoms with Crippen molar-refractivity contribution in [3.8, 4) is 11.5 Å². The summed E-state index contributed by atoms with van der Waals surface area (Å²) >= 11 is 1.15. The van der Waals surface area contributed by atoms with Crippen molar-refractivity contribution in [3.05, 3.63) is 75.3 Å². The number of carbonyl (C=O) groups is 1. The predicted molar refractivity (Wildman–Crippen MR) is 99.5 cm³/mol. The number of thiazole rings is 1. The smallest absolute Gasteiger partial charge is 0.307 e. The van der Waals surface area contributed by atoms with Crippen molar-refractivity contribution in [3.63, 3.8) is 0 Å². The Kier molecular flexibility index (Phi) is 5.30. The van der Waals surface area contributed by atoms with Crippen LogP contribution < -0.4 is 14.9 Å². The Bertz CT molecular complexity index is 898. The molecule has 3 rings (SSSR count). The third-order valence-electron chi connectivity index (χ3n) is 3.66. The Morgan fingerprint density at radius 1 is 1.08 bits per heavy atom. The van der Waals surface area contributed by atoms with Gasteiger partial charge in [0.05, 0.1) is 0 Å². The first kappa shape index (κ1) is 17.0. The predicted octanol–water partition coefficient (Wildman–Crippen LogP) is 4.04. The molecule has 0 radical (unpaired) electrons. The highest BCUT2D eigenvalue weighted by atomic mass is 32.1. The maximum absolute atomic E-state index is 12.1. The molecule has 3 aromatic rings. The quantitative estimate of drug-likeness (QED) is 0.727. The summed E-state index contributed by atoms with van der Waals surface area (Å²) in [5, 5.41) is 4.63. The number of rotatable bonds is 6. The summed E-state index contributed by atoms with van der Waals surface area (Å²) in [6, 6.07) is 16.7. The molecule has 5 nitrogen and oxygen atoms in total. The average molecular weight is 354 g/mol. The lowest BCUT2D eigenvalue weighted by molar-refractivity contribution is -0.116. The number of aromatic nitrogens is 1. The Labute approximate surface area is 149 Å². The fraction of sp³-hybridized carbons (Fsp3) is 0.158. The number of ether oxygens (including phenoxy) is 1. The third-order valence-corrected chi connectivity index (χ3v) is 4.54. The Morgan fingerprint density at radius 2 is 1.76 bits per heavy atom. The zero-order valence-corrected chi connectivity index (χ0v) is 14.6. The molecule has 25 heavy (non-hydrogen) atoms. The molecular weight excluding hydrogens is 336 g/mol. The number of amides is 1.